The van der Waals surface area contributed by atoms with Gasteiger partial charge in [0.25, 0.3) is 0 Å². The number of H-pyrrole nitrogens is 1. The van der Waals surface area contributed by atoms with Crippen molar-refractivity contribution in [2.45, 2.75) is 22.4 Å². The highest BCUT2D eigenvalue weighted by atomic mass is 35.5. The van der Waals surface area contributed by atoms with Gasteiger partial charge in [-0.2, -0.15) is 15.4 Å². The van der Waals surface area contributed by atoms with Crippen LogP contribution in [0.1, 0.15) is 33.0 Å². The number of hydrogen-bond donors (Lipinski definition) is 2. The molecular formula is C30H22ClN5O3S. The van der Waals surface area contributed by atoms with Crippen molar-refractivity contribution >= 4 is 35.7 Å². The first-order valence-electron chi connectivity index (χ1n) is 12.5. The Labute approximate surface area is 239 Å². The maximum absolute atomic E-state index is 12.9. The van der Waals surface area contributed by atoms with Gasteiger partial charge < -0.3 is 10.1 Å². The Bertz CT molecular complexity index is 1660. The molecule has 0 spiro atoms. The molecule has 2 heterocycles. The highest BCUT2D eigenvalue weighted by Crippen LogP contribution is 2.44. The fourth-order valence-corrected chi connectivity index (χ4v) is 6.19. The second-order valence-electron chi connectivity index (χ2n) is 9.10. The number of pyridine rings is 1. The highest BCUT2D eigenvalue weighted by Gasteiger charge is 2.29. The zero-order valence-corrected chi connectivity index (χ0v) is 22.6. The van der Waals surface area contributed by atoms with E-state index in [1.165, 1.54) is 11.8 Å². The Morgan fingerprint density at radius 2 is 1.80 bits per heavy atom. The van der Waals surface area contributed by atoms with Crippen LogP contribution in [0.15, 0.2) is 95.1 Å². The van der Waals surface area contributed by atoms with Crippen LogP contribution in [0, 0.1) is 0 Å². The summed E-state index contributed by atoms with van der Waals surface area (Å²) in [6, 6.07) is 23.4. The van der Waals surface area contributed by atoms with Crippen molar-refractivity contribution < 1.29 is 14.3 Å². The zero-order chi connectivity index (χ0) is 27.5. The monoisotopic (exact) mass is 567 g/mol. The number of carbonyl (C=O) groups is 2. The molecule has 40 heavy (non-hydrogen) atoms. The molecule has 10 heteroatoms. The molecule has 0 saturated heterocycles. The van der Waals surface area contributed by atoms with E-state index in [9.17, 15) is 9.59 Å². The van der Waals surface area contributed by atoms with Crippen LogP contribution in [-0.2, 0) is 11.3 Å². The molecule has 0 atom stereocenters. The van der Waals surface area contributed by atoms with Gasteiger partial charge in [0.2, 0.25) is 0 Å². The van der Waals surface area contributed by atoms with E-state index in [4.69, 9.17) is 16.3 Å². The first-order valence-corrected chi connectivity index (χ1v) is 13.7. The minimum atomic E-state index is -0.549. The van der Waals surface area contributed by atoms with Crippen LogP contribution in [-0.4, -0.2) is 39.4 Å². The highest BCUT2D eigenvalue weighted by molar-refractivity contribution is 7.99. The molecule has 198 valence electrons. The molecule has 1 aliphatic rings. The van der Waals surface area contributed by atoms with Crippen LogP contribution >= 0.6 is 23.4 Å². The smallest absolute Gasteiger partial charge is 0.407 e. The lowest BCUT2D eigenvalue weighted by atomic mass is 9.98. The summed E-state index contributed by atoms with van der Waals surface area (Å²) in [5.74, 6) is -0.0416. The molecule has 1 amide bonds. The molecule has 2 aromatic heterocycles. The van der Waals surface area contributed by atoms with Crippen LogP contribution in [0.4, 0.5) is 4.79 Å². The van der Waals surface area contributed by atoms with E-state index in [1.54, 1.807) is 30.6 Å². The first kappa shape index (κ1) is 25.8. The van der Waals surface area contributed by atoms with Crippen molar-refractivity contribution in [3.05, 3.63) is 112 Å². The maximum Gasteiger partial charge on any atom is 0.407 e. The zero-order valence-electron chi connectivity index (χ0n) is 21.0. The van der Waals surface area contributed by atoms with E-state index in [0.717, 1.165) is 34.1 Å². The molecule has 0 fully saturated rings. The molecule has 0 saturated carbocycles. The molecule has 0 bridgehead atoms. The quantitative estimate of drug-likeness (QED) is 0.205. The third-order valence-corrected chi connectivity index (χ3v) is 8.36. The number of nitrogens with zero attached hydrogens (tertiary/aromatic N) is 3. The Balaban J connectivity index is 1.22. The molecule has 2 N–H and O–H groups in total. The summed E-state index contributed by atoms with van der Waals surface area (Å²) in [6.45, 7) is 0.339. The Morgan fingerprint density at radius 1 is 1.05 bits per heavy atom. The van der Waals surface area contributed by atoms with Gasteiger partial charge in [0, 0.05) is 34.7 Å². The number of aromatic nitrogens is 4. The van der Waals surface area contributed by atoms with Gasteiger partial charge in [0.15, 0.2) is 6.29 Å². The molecule has 0 unspecified atom stereocenters. The Morgan fingerprint density at radius 3 is 2.50 bits per heavy atom. The summed E-state index contributed by atoms with van der Waals surface area (Å²) in [5, 5.41) is 14.4. The first-order chi connectivity index (χ1) is 19.6. The molecule has 8 nitrogen and oxygen atoms in total. The number of aromatic amines is 1. The van der Waals surface area contributed by atoms with E-state index in [2.05, 4.69) is 50.0 Å². The Kier molecular flexibility index (Phi) is 7.31. The van der Waals surface area contributed by atoms with E-state index in [-0.39, 0.29) is 19.1 Å². The molecule has 1 aliphatic carbocycles. The summed E-state index contributed by atoms with van der Waals surface area (Å²) in [5.41, 5.74) is 7.10. The van der Waals surface area contributed by atoms with Crippen LogP contribution in [0.2, 0.25) is 5.02 Å². The van der Waals surface area contributed by atoms with Gasteiger partial charge in [-0.1, -0.05) is 71.9 Å². The number of aldehydes is 1. The number of carbonyl (C=O) groups excluding carboxylic acids is 2. The summed E-state index contributed by atoms with van der Waals surface area (Å²) in [6.07, 6.45) is 3.40. The predicted molar refractivity (Wildman–Crippen MR) is 152 cm³/mol. The number of halogens is 1. The molecule has 0 radical (unpaired) electrons. The standard InChI is InChI=1S/C30H22ClN5O3S/c31-26-13-19(27-15-34-36-35-27)12-20(28(26)40-29-18(16-37)6-5-11-32-29)14-33-30(38)39-17-25-23-9-3-1-7-21(23)22-8-2-4-10-24(22)25/h1-13,15-16,25H,14,17H2,(H,33,38)(H,34,35,36). The van der Waals surface area contributed by atoms with Crippen molar-refractivity contribution in [1.82, 2.24) is 25.7 Å². The van der Waals surface area contributed by atoms with Gasteiger partial charge in [-0.05, 0) is 52.1 Å². The summed E-state index contributed by atoms with van der Waals surface area (Å²) in [7, 11) is 0. The average Bonchev–Trinajstić information content (AvgIpc) is 3.64. The second kappa shape index (κ2) is 11.3. The lowest BCUT2D eigenvalue weighted by Crippen LogP contribution is -2.26. The topological polar surface area (TPSA) is 110 Å². The number of hydrogen-bond acceptors (Lipinski definition) is 7. The van der Waals surface area contributed by atoms with E-state index in [0.29, 0.717) is 31.8 Å². The predicted octanol–water partition coefficient (Wildman–Crippen LogP) is 6.52. The summed E-state index contributed by atoms with van der Waals surface area (Å²) in [4.78, 5) is 29.5. The van der Waals surface area contributed by atoms with Gasteiger partial charge in [0.1, 0.15) is 17.3 Å². The largest absolute Gasteiger partial charge is 0.449 e. The molecule has 0 aliphatic heterocycles. The number of nitrogens with one attached hydrogen (secondary N) is 2. The maximum atomic E-state index is 12.9. The number of benzene rings is 3. The van der Waals surface area contributed by atoms with E-state index >= 15 is 0 Å². The lowest BCUT2D eigenvalue weighted by molar-refractivity contribution is 0.112. The number of rotatable bonds is 8. The van der Waals surface area contributed by atoms with Gasteiger partial charge in [-0.15, -0.1) is 0 Å². The van der Waals surface area contributed by atoms with Gasteiger partial charge in [-0.3, -0.25) is 4.79 Å². The van der Waals surface area contributed by atoms with E-state index < -0.39 is 6.09 Å². The average molecular weight is 568 g/mol. The lowest BCUT2D eigenvalue weighted by Gasteiger charge is -2.16. The third kappa shape index (κ3) is 5.09. The summed E-state index contributed by atoms with van der Waals surface area (Å²) < 4.78 is 5.71. The van der Waals surface area contributed by atoms with Gasteiger partial charge >= 0.3 is 6.09 Å². The third-order valence-electron chi connectivity index (χ3n) is 6.72. The summed E-state index contributed by atoms with van der Waals surface area (Å²) >= 11 is 7.97. The molecular weight excluding hydrogens is 546 g/mol. The van der Waals surface area contributed by atoms with Gasteiger partial charge in [-0.25, -0.2) is 9.78 Å². The number of fused-ring (bicyclic) bond motifs is 3. The molecule has 3 aromatic carbocycles. The SMILES string of the molecule is O=Cc1cccnc1Sc1c(Cl)cc(-c2cn[nH]n2)cc1CNC(=O)OCC1c2ccccc2-c2ccccc21. The van der Waals surface area contributed by atoms with Crippen LogP contribution < -0.4 is 5.32 Å². The fourth-order valence-electron chi connectivity index (χ4n) is 4.88. The van der Waals surface area contributed by atoms with Crippen LogP contribution in [0.5, 0.6) is 0 Å². The molecule has 5 aromatic rings. The minimum absolute atomic E-state index is 0.0416. The normalized spacial score (nSPS) is 12.0. The van der Waals surface area contributed by atoms with E-state index in [1.807, 2.05) is 30.3 Å². The fraction of sp³-hybridized carbons (Fsp3) is 0.100. The van der Waals surface area contributed by atoms with Crippen molar-refractivity contribution in [2.75, 3.05) is 6.61 Å². The Hall–Kier alpha value is -4.47. The van der Waals surface area contributed by atoms with Crippen molar-refractivity contribution in [3.63, 3.8) is 0 Å². The number of ether oxygens (including phenoxy) is 1. The van der Waals surface area contributed by atoms with Crippen LogP contribution in [0.3, 0.4) is 0 Å². The van der Waals surface area contributed by atoms with Gasteiger partial charge in [0.05, 0.1) is 11.2 Å². The van der Waals surface area contributed by atoms with Crippen LogP contribution in [0.25, 0.3) is 22.4 Å². The second-order valence-corrected chi connectivity index (χ2v) is 10.5. The minimum Gasteiger partial charge on any atom is -0.449 e. The van der Waals surface area contributed by atoms with Crippen molar-refractivity contribution in [2.24, 2.45) is 0 Å². The van der Waals surface area contributed by atoms with Crippen molar-refractivity contribution in [3.8, 4) is 22.4 Å². The molecule has 6 rings (SSSR count). The number of amides is 1. The number of alkyl carbamates (subject to hydrolysis) is 1. The van der Waals surface area contributed by atoms with Crippen molar-refractivity contribution in [1.29, 1.82) is 0 Å².